The maximum Gasteiger partial charge on any atom is 0.161 e. The van der Waals surface area contributed by atoms with Crippen LogP contribution in [0.25, 0.3) is 22.2 Å². The van der Waals surface area contributed by atoms with E-state index >= 15 is 0 Å². The van der Waals surface area contributed by atoms with Crippen molar-refractivity contribution in [1.82, 2.24) is 15.2 Å². The molecule has 31 heavy (non-hydrogen) atoms. The Bertz CT molecular complexity index is 1370. The lowest BCUT2D eigenvalue weighted by Crippen LogP contribution is -2.27. The molecule has 6 rings (SSSR count). The van der Waals surface area contributed by atoms with E-state index in [1.54, 1.807) is 24.5 Å². The Kier molecular flexibility index (Phi) is 3.99. The Balaban J connectivity index is 1.64. The number of hydrogen-bond donors (Lipinski definition) is 2. The summed E-state index contributed by atoms with van der Waals surface area (Å²) in [6.07, 6.45) is 5.79. The average Bonchev–Trinajstić information content (AvgIpc) is 3.28. The molecule has 0 spiro atoms. The Morgan fingerprint density at radius 1 is 1.03 bits per heavy atom. The van der Waals surface area contributed by atoms with Gasteiger partial charge in [-0.3, -0.25) is 14.9 Å². The van der Waals surface area contributed by atoms with Crippen LogP contribution >= 0.6 is 0 Å². The van der Waals surface area contributed by atoms with Gasteiger partial charge in [0.05, 0.1) is 17.4 Å². The van der Waals surface area contributed by atoms with Crippen molar-refractivity contribution >= 4 is 22.4 Å². The quantitative estimate of drug-likeness (QED) is 0.469. The van der Waals surface area contributed by atoms with Crippen LogP contribution in [-0.2, 0) is 4.79 Å². The number of benzene rings is 2. The number of hydrogen-bond acceptors (Lipinski definition) is 4. The zero-order valence-corrected chi connectivity index (χ0v) is 16.7. The number of carbonyl (C=O) groups is 1. The van der Waals surface area contributed by atoms with Crippen LogP contribution in [0.4, 0.5) is 10.1 Å². The first kappa shape index (κ1) is 18.0. The summed E-state index contributed by atoms with van der Waals surface area (Å²) in [4.78, 5) is 17.7. The molecule has 2 aliphatic rings. The molecule has 0 saturated heterocycles. The normalized spacial score (nSPS) is 18.0. The number of rotatable bonds is 2. The summed E-state index contributed by atoms with van der Waals surface area (Å²) in [5.41, 5.74) is 7.24. The number of allylic oxidation sites excluding steroid dienone is 2. The van der Waals surface area contributed by atoms with E-state index in [9.17, 15) is 9.18 Å². The summed E-state index contributed by atoms with van der Waals surface area (Å²) in [6, 6.07) is 14.4. The molecule has 1 aliphatic carbocycles. The minimum atomic E-state index is -0.290. The van der Waals surface area contributed by atoms with Crippen LogP contribution in [0.2, 0.25) is 0 Å². The molecule has 3 heterocycles. The molecule has 5 nitrogen and oxygen atoms in total. The summed E-state index contributed by atoms with van der Waals surface area (Å²) in [5, 5.41) is 11.9. The lowest BCUT2D eigenvalue weighted by Gasteiger charge is -2.34. The van der Waals surface area contributed by atoms with Crippen LogP contribution < -0.4 is 5.32 Å². The predicted molar refractivity (Wildman–Crippen MR) is 117 cm³/mol. The molecule has 1 atom stereocenters. The molecule has 0 saturated carbocycles. The minimum Gasteiger partial charge on any atom is -0.358 e. The molecular formula is C25H19FN4O. The van der Waals surface area contributed by atoms with E-state index in [-0.39, 0.29) is 17.5 Å². The van der Waals surface area contributed by atoms with Gasteiger partial charge in [-0.1, -0.05) is 6.07 Å². The van der Waals surface area contributed by atoms with Crippen LogP contribution in [0.15, 0.2) is 72.2 Å². The molecule has 0 bridgehead atoms. The lowest BCUT2D eigenvalue weighted by molar-refractivity contribution is -0.116. The van der Waals surface area contributed by atoms with Crippen molar-refractivity contribution in [2.24, 2.45) is 0 Å². The molecule has 2 N–H and O–H groups in total. The van der Waals surface area contributed by atoms with Crippen LogP contribution in [0.5, 0.6) is 0 Å². The highest BCUT2D eigenvalue weighted by molar-refractivity contribution is 6.04. The number of carbonyl (C=O) groups excluding carboxylic acids is 1. The molecule has 0 radical (unpaired) electrons. The second-order valence-corrected chi connectivity index (χ2v) is 8.03. The number of anilines is 1. The Morgan fingerprint density at radius 3 is 2.77 bits per heavy atom. The fourth-order valence-electron chi connectivity index (χ4n) is 4.90. The third kappa shape index (κ3) is 2.79. The van der Waals surface area contributed by atoms with Crippen LogP contribution in [-0.4, -0.2) is 21.0 Å². The number of H-pyrrole nitrogens is 1. The fraction of sp³-hybridized carbons (Fsp3) is 0.160. The number of aromatic amines is 1. The van der Waals surface area contributed by atoms with Gasteiger partial charge in [-0.25, -0.2) is 4.39 Å². The smallest absolute Gasteiger partial charge is 0.161 e. The second kappa shape index (κ2) is 6.87. The highest BCUT2D eigenvalue weighted by Gasteiger charge is 2.38. The predicted octanol–water partition coefficient (Wildman–Crippen LogP) is 5.33. The van der Waals surface area contributed by atoms with Crippen molar-refractivity contribution in [1.29, 1.82) is 0 Å². The first-order valence-corrected chi connectivity index (χ1v) is 10.4. The molecule has 1 aliphatic heterocycles. The standard InChI is InChI=1S/C25H19FN4O/c26-15-8-6-14(7-9-15)25-17(13-28-30-25)23-22-16-3-2-12-27-18(16)10-11-20(22)29-19-4-1-5-21(31)24(19)23/h2-3,6-13,23,29H,1,4-5H2,(H,28,30). The zero-order valence-electron chi connectivity index (χ0n) is 16.7. The zero-order chi connectivity index (χ0) is 20.9. The van der Waals surface area contributed by atoms with Gasteiger partial charge in [0.2, 0.25) is 0 Å². The summed E-state index contributed by atoms with van der Waals surface area (Å²) < 4.78 is 13.5. The number of nitrogens with zero attached hydrogens (tertiary/aromatic N) is 2. The van der Waals surface area contributed by atoms with Crippen molar-refractivity contribution in [3.63, 3.8) is 0 Å². The van der Waals surface area contributed by atoms with E-state index < -0.39 is 0 Å². The van der Waals surface area contributed by atoms with Crippen LogP contribution in [0, 0.1) is 5.82 Å². The van der Waals surface area contributed by atoms with Crippen molar-refractivity contribution in [2.45, 2.75) is 25.2 Å². The second-order valence-electron chi connectivity index (χ2n) is 8.03. The van der Waals surface area contributed by atoms with Gasteiger partial charge in [0, 0.05) is 52.0 Å². The highest BCUT2D eigenvalue weighted by atomic mass is 19.1. The summed E-state index contributed by atoms with van der Waals surface area (Å²) in [6.45, 7) is 0. The third-order valence-electron chi connectivity index (χ3n) is 6.26. The molecular weight excluding hydrogens is 391 g/mol. The van der Waals surface area contributed by atoms with Crippen LogP contribution in [0.1, 0.15) is 36.3 Å². The Morgan fingerprint density at radius 2 is 1.90 bits per heavy atom. The molecule has 2 aromatic carbocycles. The monoisotopic (exact) mass is 410 g/mol. The first-order chi connectivity index (χ1) is 15.2. The minimum absolute atomic E-state index is 0.163. The van der Waals surface area contributed by atoms with E-state index in [0.717, 1.165) is 63.1 Å². The van der Waals surface area contributed by atoms with E-state index in [1.807, 2.05) is 24.3 Å². The summed E-state index contributed by atoms with van der Waals surface area (Å²) >= 11 is 0. The lowest BCUT2D eigenvalue weighted by atomic mass is 9.74. The van der Waals surface area contributed by atoms with Gasteiger partial charge in [-0.2, -0.15) is 5.10 Å². The Hall–Kier alpha value is -3.80. The highest BCUT2D eigenvalue weighted by Crippen LogP contribution is 2.49. The van der Waals surface area contributed by atoms with Crippen molar-refractivity contribution < 1.29 is 9.18 Å². The number of nitrogens with one attached hydrogen (secondary N) is 2. The molecule has 152 valence electrons. The number of Topliss-reactive ketones (excluding diaryl/α,β-unsaturated/α-hetero) is 1. The van der Waals surface area contributed by atoms with E-state index in [0.29, 0.717) is 6.42 Å². The van der Waals surface area contributed by atoms with Gasteiger partial charge in [-0.05, 0) is 60.9 Å². The molecule has 0 amide bonds. The molecule has 4 aromatic rings. The fourth-order valence-corrected chi connectivity index (χ4v) is 4.90. The maximum absolute atomic E-state index is 13.5. The van der Waals surface area contributed by atoms with Gasteiger partial charge in [0.15, 0.2) is 5.78 Å². The van der Waals surface area contributed by atoms with E-state index in [1.165, 1.54) is 12.1 Å². The number of ketones is 1. The van der Waals surface area contributed by atoms with Gasteiger partial charge in [0.1, 0.15) is 5.82 Å². The number of pyridine rings is 1. The van der Waals surface area contributed by atoms with Crippen molar-refractivity contribution in [3.05, 3.63) is 89.1 Å². The topological polar surface area (TPSA) is 70.7 Å². The van der Waals surface area contributed by atoms with Crippen LogP contribution in [0.3, 0.4) is 0 Å². The van der Waals surface area contributed by atoms with E-state index in [4.69, 9.17) is 0 Å². The number of fused-ring (bicyclic) bond motifs is 3. The average molecular weight is 410 g/mol. The third-order valence-corrected chi connectivity index (χ3v) is 6.26. The molecule has 2 aromatic heterocycles. The van der Waals surface area contributed by atoms with Gasteiger partial charge in [0.25, 0.3) is 0 Å². The largest absolute Gasteiger partial charge is 0.358 e. The number of aromatic nitrogens is 3. The first-order valence-electron chi connectivity index (χ1n) is 10.4. The number of halogens is 1. The van der Waals surface area contributed by atoms with Gasteiger partial charge < -0.3 is 5.32 Å². The summed E-state index contributed by atoms with van der Waals surface area (Å²) in [5.74, 6) is -0.399. The molecule has 1 unspecified atom stereocenters. The SMILES string of the molecule is O=C1CCCC2=C1C(c1cn[nH]c1-c1ccc(F)cc1)c1c(ccc3ncccc13)N2. The Labute approximate surface area is 178 Å². The van der Waals surface area contributed by atoms with Gasteiger partial charge in [-0.15, -0.1) is 0 Å². The maximum atomic E-state index is 13.5. The molecule has 0 fully saturated rings. The van der Waals surface area contributed by atoms with Crippen molar-refractivity contribution in [3.8, 4) is 11.3 Å². The molecule has 6 heteroatoms. The summed E-state index contributed by atoms with van der Waals surface area (Å²) in [7, 11) is 0. The van der Waals surface area contributed by atoms with Gasteiger partial charge >= 0.3 is 0 Å². The van der Waals surface area contributed by atoms with Crippen molar-refractivity contribution in [2.75, 3.05) is 5.32 Å². The van der Waals surface area contributed by atoms with E-state index in [2.05, 4.69) is 20.5 Å².